The van der Waals surface area contributed by atoms with Gasteiger partial charge in [0.2, 0.25) is 5.88 Å². The summed E-state index contributed by atoms with van der Waals surface area (Å²) in [4.78, 5) is 24.3. The molecule has 1 fully saturated rings. The van der Waals surface area contributed by atoms with Gasteiger partial charge in [-0.2, -0.15) is 0 Å². The molecule has 1 aromatic heterocycles. The van der Waals surface area contributed by atoms with Crippen LogP contribution in [0.4, 0.5) is 4.79 Å². The van der Waals surface area contributed by atoms with Gasteiger partial charge in [-0.25, -0.2) is 9.78 Å². The van der Waals surface area contributed by atoms with E-state index in [4.69, 9.17) is 9.47 Å². The van der Waals surface area contributed by atoms with Gasteiger partial charge in [0.05, 0.1) is 13.2 Å². The van der Waals surface area contributed by atoms with Crippen molar-refractivity contribution in [2.75, 3.05) is 46.4 Å². The maximum Gasteiger partial charge on any atom is 0.409 e. The molecule has 0 atom stereocenters. The highest BCUT2D eigenvalue weighted by Crippen LogP contribution is 2.09. The lowest BCUT2D eigenvalue weighted by Gasteiger charge is -2.35. The summed E-state index contributed by atoms with van der Waals surface area (Å²) in [5.41, 5.74) is 1.06. The number of nitrogens with one attached hydrogen (secondary N) is 1. The van der Waals surface area contributed by atoms with Crippen LogP contribution in [0, 0.1) is 0 Å². The number of amides is 1. The van der Waals surface area contributed by atoms with Crippen molar-refractivity contribution in [1.82, 2.24) is 20.1 Å². The first kappa shape index (κ1) is 19.8. The van der Waals surface area contributed by atoms with Crippen LogP contribution in [0.15, 0.2) is 23.3 Å². The monoisotopic (exact) mass is 363 g/mol. The zero-order chi connectivity index (χ0) is 18.8. The van der Waals surface area contributed by atoms with Crippen molar-refractivity contribution >= 4 is 12.1 Å². The number of rotatable bonds is 6. The summed E-state index contributed by atoms with van der Waals surface area (Å²) in [6.07, 6.45) is 2.53. The second-order valence-electron chi connectivity index (χ2n) is 5.93. The molecule has 1 N–H and O–H groups in total. The topological polar surface area (TPSA) is 79.3 Å². The fourth-order valence-corrected chi connectivity index (χ4v) is 2.64. The highest BCUT2D eigenvalue weighted by atomic mass is 16.6. The molecule has 144 valence electrons. The van der Waals surface area contributed by atoms with Crippen LogP contribution in [-0.4, -0.2) is 73.3 Å². The zero-order valence-electron chi connectivity index (χ0n) is 15.9. The number of piperazine rings is 1. The van der Waals surface area contributed by atoms with Gasteiger partial charge < -0.3 is 24.6 Å². The van der Waals surface area contributed by atoms with Crippen molar-refractivity contribution in [2.24, 2.45) is 4.99 Å². The zero-order valence-corrected chi connectivity index (χ0v) is 15.9. The van der Waals surface area contributed by atoms with Crippen LogP contribution in [-0.2, 0) is 11.3 Å². The highest BCUT2D eigenvalue weighted by molar-refractivity contribution is 5.80. The van der Waals surface area contributed by atoms with Gasteiger partial charge in [-0.15, -0.1) is 0 Å². The van der Waals surface area contributed by atoms with Gasteiger partial charge in [0.15, 0.2) is 5.96 Å². The van der Waals surface area contributed by atoms with E-state index in [1.165, 1.54) is 0 Å². The summed E-state index contributed by atoms with van der Waals surface area (Å²) in [5.74, 6) is 1.47. The molecule has 0 spiro atoms. The summed E-state index contributed by atoms with van der Waals surface area (Å²) in [5, 5.41) is 3.35. The van der Waals surface area contributed by atoms with Gasteiger partial charge in [-0.3, -0.25) is 4.99 Å². The van der Waals surface area contributed by atoms with E-state index in [1.807, 2.05) is 25.3 Å². The first-order chi connectivity index (χ1) is 12.7. The van der Waals surface area contributed by atoms with E-state index in [0.717, 1.165) is 31.0 Å². The fourth-order valence-electron chi connectivity index (χ4n) is 2.64. The van der Waals surface area contributed by atoms with Gasteiger partial charge in [0.25, 0.3) is 0 Å². The van der Waals surface area contributed by atoms with Crippen LogP contribution in [0.25, 0.3) is 0 Å². The number of carbonyl (C=O) groups is 1. The van der Waals surface area contributed by atoms with E-state index in [-0.39, 0.29) is 6.09 Å². The molecular formula is C18H29N5O3. The maximum absolute atomic E-state index is 11.8. The molecule has 8 heteroatoms. The van der Waals surface area contributed by atoms with E-state index in [1.54, 1.807) is 11.9 Å². The number of pyridine rings is 1. The summed E-state index contributed by atoms with van der Waals surface area (Å²) in [7, 11) is 1.76. The van der Waals surface area contributed by atoms with E-state index in [9.17, 15) is 4.79 Å². The summed E-state index contributed by atoms with van der Waals surface area (Å²) in [6.45, 7) is 8.29. The van der Waals surface area contributed by atoms with Gasteiger partial charge in [-0.1, -0.05) is 13.0 Å². The van der Waals surface area contributed by atoms with Gasteiger partial charge >= 0.3 is 6.09 Å². The lowest BCUT2D eigenvalue weighted by Crippen LogP contribution is -2.53. The number of nitrogens with zero attached hydrogens (tertiary/aromatic N) is 4. The average molecular weight is 363 g/mol. The number of ether oxygens (including phenoxy) is 2. The van der Waals surface area contributed by atoms with E-state index < -0.39 is 0 Å². The lowest BCUT2D eigenvalue weighted by molar-refractivity contribution is 0.0914. The van der Waals surface area contributed by atoms with Crippen LogP contribution in [0.2, 0.25) is 0 Å². The number of aliphatic imine (C=N–C) groups is 1. The molecule has 26 heavy (non-hydrogen) atoms. The lowest BCUT2D eigenvalue weighted by atomic mass is 10.3. The van der Waals surface area contributed by atoms with Crippen LogP contribution in [0.3, 0.4) is 0 Å². The minimum Gasteiger partial charge on any atom is -0.478 e. The Hall–Kier alpha value is -2.51. The minimum absolute atomic E-state index is 0.244. The Kier molecular flexibility index (Phi) is 7.98. The molecular weight excluding hydrogens is 334 g/mol. The average Bonchev–Trinajstić information content (AvgIpc) is 2.68. The van der Waals surface area contributed by atoms with Crippen molar-refractivity contribution in [2.45, 2.75) is 26.8 Å². The van der Waals surface area contributed by atoms with Crippen LogP contribution >= 0.6 is 0 Å². The van der Waals surface area contributed by atoms with E-state index in [0.29, 0.717) is 38.7 Å². The third-order valence-electron chi connectivity index (χ3n) is 4.02. The van der Waals surface area contributed by atoms with Gasteiger partial charge in [0, 0.05) is 52.0 Å². The molecule has 0 aromatic carbocycles. The van der Waals surface area contributed by atoms with Crippen molar-refractivity contribution in [3.05, 3.63) is 23.9 Å². The fraction of sp³-hybridized carbons (Fsp3) is 0.611. The van der Waals surface area contributed by atoms with Gasteiger partial charge in [0.1, 0.15) is 0 Å². The van der Waals surface area contributed by atoms with Gasteiger partial charge in [-0.05, 0) is 18.9 Å². The number of guanidine groups is 1. The molecule has 0 radical (unpaired) electrons. The maximum atomic E-state index is 11.8. The van der Waals surface area contributed by atoms with Crippen LogP contribution < -0.4 is 10.1 Å². The highest BCUT2D eigenvalue weighted by Gasteiger charge is 2.23. The Labute approximate surface area is 155 Å². The minimum atomic E-state index is -0.244. The van der Waals surface area contributed by atoms with E-state index >= 15 is 0 Å². The number of carbonyl (C=O) groups excluding carboxylic acids is 1. The second kappa shape index (κ2) is 10.5. The number of aromatic nitrogens is 1. The smallest absolute Gasteiger partial charge is 0.409 e. The summed E-state index contributed by atoms with van der Waals surface area (Å²) >= 11 is 0. The first-order valence-electron chi connectivity index (χ1n) is 9.13. The summed E-state index contributed by atoms with van der Waals surface area (Å²) < 4.78 is 10.5. The molecule has 0 aliphatic carbocycles. The third kappa shape index (κ3) is 5.79. The molecule has 8 nitrogen and oxygen atoms in total. The van der Waals surface area contributed by atoms with Crippen LogP contribution in [0.1, 0.15) is 25.8 Å². The Bertz CT molecular complexity index is 583. The SMILES string of the molecule is CCCOc1ccc(CNC(=NC)N2CCN(C(=O)OCC)CC2)cn1. The number of hydrogen-bond donors (Lipinski definition) is 1. The molecule has 1 aliphatic heterocycles. The standard InChI is InChI=1S/C18H29N5O3/c1-4-12-26-16-7-6-15(13-20-16)14-21-17(19-3)22-8-10-23(11-9-22)18(24)25-5-2/h6-7,13H,4-5,8-12,14H2,1-3H3,(H,19,21). The quantitative estimate of drug-likeness (QED) is 0.612. The van der Waals surface area contributed by atoms with Crippen molar-refractivity contribution in [1.29, 1.82) is 0 Å². The molecule has 0 saturated carbocycles. The Morgan fingerprint density at radius 1 is 1.23 bits per heavy atom. The number of hydrogen-bond acceptors (Lipinski definition) is 5. The Morgan fingerprint density at radius 3 is 2.54 bits per heavy atom. The first-order valence-corrected chi connectivity index (χ1v) is 9.13. The van der Waals surface area contributed by atoms with Crippen molar-refractivity contribution in [3.63, 3.8) is 0 Å². The molecule has 0 bridgehead atoms. The second-order valence-corrected chi connectivity index (χ2v) is 5.93. The molecule has 0 unspecified atom stereocenters. The van der Waals surface area contributed by atoms with Crippen molar-refractivity contribution in [3.8, 4) is 5.88 Å². The van der Waals surface area contributed by atoms with Crippen LogP contribution in [0.5, 0.6) is 5.88 Å². The molecule has 1 amide bonds. The molecule has 2 heterocycles. The molecule has 1 aliphatic rings. The predicted octanol–water partition coefficient (Wildman–Crippen LogP) is 1.72. The summed E-state index contributed by atoms with van der Waals surface area (Å²) in [6, 6.07) is 3.88. The normalized spacial score (nSPS) is 15.0. The van der Waals surface area contributed by atoms with Crippen molar-refractivity contribution < 1.29 is 14.3 Å². The largest absolute Gasteiger partial charge is 0.478 e. The molecule has 1 saturated heterocycles. The Balaban J connectivity index is 1.80. The molecule has 2 rings (SSSR count). The predicted molar refractivity (Wildman–Crippen MR) is 100 cm³/mol. The van der Waals surface area contributed by atoms with E-state index in [2.05, 4.69) is 27.1 Å². The third-order valence-corrected chi connectivity index (χ3v) is 4.02. The Morgan fingerprint density at radius 2 is 1.96 bits per heavy atom. The molecule has 1 aromatic rings.